The highest BCUT2D eigenvalue weighted by Crippen LogP contribution is 2.21. The number of hydrogen-bond donors (Lipinski definition) is 1. The number of benzene rings is 3. The summed E-state index contributed by atoms with van der Waals surface area (Å²) in [7, 11) is -3.65. The maximum absolute atomic E-state index is 13.1. The second-order valence-corrected chi connectivity index (χ2v) is 10.7. The summed E-state index contributed by atoms with van der Waals surface area (Å²) < 4.78 is 32.9. The van der Waals surface area contributed by atoms with Gasteiger partial charge in [-0.2, -0.15) is 4.31 Å². The molecule has 3 aromatic carbocycles. The molecule has 8 nitrogen and oxygen atoms in total. The van der Waals surface area contributed by atoms with Crippen molar-refractivity contribution in [1.29, 1.82) is 0 Å². The van der Waals surface area contributed by atoms with Crippen LogP contribution in [-0.4, -0.2) is 62.2 Å². The van der Waals surface area contributed by atoms with Crippen LogP contribution in [0.1, 0.15) is 26.3 Å². The Kier molecular flexibility index (Phi) is 7.93. The highest BCUT2D eigenvalue weighted by Gasteiger charge is 2.30. The normalized spacial score (nSPS) is 14.4. The Morgan fingerprint density at radius 1 is 0.917 bits per heavy atom. The second-order valence-electron chi connectivity index (χ2n) is 8.31. The van der Waals surface area contributed by atoms with Crippen LogP contribution in [0.5, 0.6) is 5.75 Å². The van der Waals surface area contributed by atoms with E-state index >= 15 is 0 Å². The lowest BCUT2D eigenvalue weighted by Crippen LogP contribution is -2.50. The largest absolute Gasteiger partial charge is 0.492 e. The topological polar surface area (TPSA) is 110 Å². The Morgan fingerprint density at radius 2 is 1.61 bits per heavy atom. The molecule has 1 aliphatic rings. The number of carbonyl (C=O) groups excluding carboxylic acids is 2. The number of sulfonamides is 1. The summed E-state index contributed by atoms with van der Waals surface area (Å²) in [5.74, 6) is -0.289. The van der Waals surface area contributed by atoms with Gasteiger partial charge in [-0.3, -0.25) is 9.59 Å². The van der Waals surface area contributed by atoms with E-state index in [0.29, 0.717) is 48.0 Å². The molecule has 188 valence electrons. The van der Waals surface area contributed by atoms with Gasteiger partial charge in [0.1, 0.15) is 5.75 Å². The summed E-state index contributed by atoms with van der Waals surface area (Å²) in [6, 6.07) is 20.1. The van der Waals surface area contributed by atoms with Gasteiger partial charge in [0.05, 0.1) is 17.1 Å². The molecule has 10 heteroatoms. The van der Waals surface area contributed by atoms with Crippen molar-refractivity contribution in [1.82, 2.24) is 9.21 Å². The fourth-order valence-electron chi connectivity index (χ4n) is 4.00. The molecule has 2 amide bonds. The zero-order valence-corrected chi connectivity index (χ0v) is 21.0. The lowest BCUT2D eigenvalue weighted by atomic mass is 10.1. The van der Waals surface area contributed by atoms with Crippen LogP contribution in [0.4, 0.5) is 0 Å². The zero-order chi connectivity index (χ0) is 25.7. The Labute approximate surface area is 215 Å². The van der Waals surface area contributed by atoms with Crippen LogP contribution in [0.3, 0.4) is 0 Å². The molecular weight excluding hydrogens is 502 g/mol. The summed E-state index contributed by atoms with van der Waals surface area (Å²) in [6.45, 7) is 1.32. The summed E-state index contributed by atoms with van der Waals surface area (Å²) in [4.78, 5) is 26.5. The van der Waals surface area contributed by atoms with Crippen molar-refractivity contribution < 1.29 is 22.7 Å². The van der Waals surface area contributed by atoms with E-state index < -0.39 is 15.9 Å². The molecule has 0 atom stereocenters. The first-order chi connectivity index (χ1) is 17.3. The Hall–Kier alpha value is -3.40. The van der Waals surface area contributed by atoms with Crippen LogP contribution in [0.2, 0.25) is 5.02 Å². The van der Waals surface area contributed by atoms with Gasteiger partial charge in [-0.05, 0) is 54.1 Å². The van der Waals surface area contributed by atoms with E-state index in [1.165, 1.54) is 16.4 Å². The highest BCUT2D eigenvalue weighted by molar-refractivity contribution is 7.89. The number of para-hydroxylation sites is 1. The molecule has 1 heterocycles. The van der Waals surface area contributed by atoms with Gasteiger partial charge in [-0.25, -0.2) is 8.42 Å². The first kappa shape index (κ1) is 25.7. The fraction of sp³-hybridized carbons (Fsp3) is 0.231. The van der Waals surface area contributed by atoms with Gasteiger partial charge >= 0.3 is 0 Å². The number of nitrogens with zero attached hydrogens (tertiary/aromatic N) is 2. The molecule has 0 aliphatic carbocycles. The summed E-state index contributed by atoms with van der Waals surface area (Å²) in [5, 5.41) is 0.466. The fourth-order valence-corrected chi connectivity index (χ4v) is 5.55. The van der Waals surface area contributed by atoms with Crippen LogP contribution in [-0.2, 0) is 16.4 Å². The SMILES string of the molecule is NC(=O)c1ccccc1OCCc1cccc(C(=O)N2CCN(S(=O)(=O)c3ccc(Cl)cc3)CC2)c1. The summed E-state index contributed by atoms with van der Waals surface area (Å²) >= 11 is 5.87. The Morgan fingerprint density at radius 3 is 2.31 bits per heavy atom. The predicted molar refractivity (Wildman–Crippen MR) is 137 cm³/mol. The van der Waals surface area contributed by atoms with Crippen molar-refractivity contribution in [3.8, 4) is 5.75 Å². The van der Waals surface area contributed by atoms with Crippen LogP contribution in [0.25, 0.3) is 0 Å². The average Bonchev–Trinajstić information content (AvgIpc) is 2.89. The average molecular weight is 528 g/mol. The lowest BCUT2D eigenvalue weighted by molar-refractivity contribution is 0.0697. The third-order valence-electron chi connectivity index (χ3n) is 5.95. The van der Waals surface area contributed by atoms with Gasteiger partial charge < -0.3 is 15.4 Å². The van der Waals surface area contributed by atoms with Crippen LogP contribution < -0.4 is 10.5 Å². The van der Waals surface area contributed by atoms with E-state index in [4.69, 9.17) is 22.1 Å². The molecule has 1 aliphatic heterocycles. The van der Waals surface area contributed by atoms with Crippen LogP contribution >= 0.6 is 11.6 Å². The maximum Gasteiger partial charge on any atom is 0.253 e. The first-order valence-electron chi connectivity index (χ1n) is 11.4. The van der Waals surface area contributed by atoms with Crippen molar-refractivity contribution in [2.75, 3.05) is 32.8 Å². The quantitative estimate of drug-likeness (QED) is 0.483. The molecule has 36 heavy (non-hydrogen) atoms. The van der Waals surface area contributed by atoms with Crippen molar-refractivity contribution in [2.45, 2.75) is 11.3 Å². The number of amides is 2. The van der Waals surface area contributed by atoms with Crippen molar-refractivity contribution in [2.24, 2.45) is 5.73 Å². The molecule has 1 fully saturated rings. The maximum atomic E-state index is 13.1. The third-order valence-corrected chi connectivity index (χ3v) is 8.12. The van der Waals surface area contributed by atoms with E-state index in [-0.39, 0.29) is 23.9 Å². The molecule has 0 unspecified atom stereocenters. The molecule has 2 N–H and O–H groups in total. The Balaban J connectivity index is 1.34. The minimum Gasteiger partial charge on any atom is -0.492 e. The van der Waals surface area contributed by atoms with E-state index in [9.17, 15) is 18.0 Å². The van der Waals surface area contributed by atoms with E-state index in [1.807, 2.05) is 12.1 Å². The molecule has 0 aromatic heterocycles. The Bertz CT molecular complexity index is 1350. The smallest absolute Gasteiger partial charge is 0.253 e. The van der Waals surface area contributed by atoms with Gasteiger partial charge in [-0.15, -0.1) is 0 Å². The first-order valence-corrected chi connectivity index (χ1v) is 13.2. The molecule has 0 radical (unpaired) electrons. The highest BCUT2D eigenvalue weighted by atomic mass is 35.5. The number of hydrogen-bond acceptors (Lipinski definition) is 5. The monoisotopic (exact) mass is 527 g/mol. The van der Waals surface area contributed by atoms with Crippen LogP contribution in [0, 0.1) is 0 Å². The number of halogens is 1. The van der Waals surface area contributed by atoms with Crippen molar-refractivity contribution in [3.63, 3.8) is 0 Å². The summed E-state index contributed by atoms with van der Waals surface area (Å²) in [6.07, 6.45) is 0.529. The number of primary amides is 1. The van der Waals surface area contributed by atoms with Gasteiger partial charge in [0.15, 0.2) is 0 Å². The number of ether oxygens (including phenoxy) is 1. The van der Waals surface area contributed by atoms with E-state index in [2.05, 4.69) is 0 Å². The van der Waals surface area contributed by atoms with Gasteiger partial charge in [0, 0.05) is 43.2 Å². The summed E-state index contributed by atoms with van der Waals surface area (Å²) in [5.41, 5.74) is 7.14. The van der Waals surface area contributed by atoms with E-state index in [1.54, 1.807) is 53.4 Å². The zero-order valence-electron chi connectivity index (χ0n) is 19.5. The lowest BCUT2D eigenvalue weighted by Gasteiger charge is -2.34. The third kappa shape index (κ3) is 5.87. The van der Waals surface area contributed by atoms with Gasteiger partial charge in [0.25, 0.3) is 11.8 Å². The standard InChI is InChI=1S/C26H26ClN3O5S/c27-21-8-10-22(11-9-21)36(33,34)30-15-13-29(14-16-30)26(32)20-5-3-4-19(18-20)12-17-35-24-7-2-1-6-23(24)25(28)31/h1-11,18H,12-17H2,(H2,28,31). The molecule has 0 spiro atoms. The number of rotatable bonds is 8. The van der Waals surface area contributed by atoms with Gasteiger partial charge in [-0.1, -0.05) is 35.9 Å². The molecule has 4 rings (SSSR count). The molecule has 1 saturated heterocycles. The molecule has 0 saturated carbocycles. The predicted octanol–water partition coefficient (Wildman–Crippen LogP) is 3.21. The van der Waals surface area contributed by atoms with Crippen molar-refractivity contribution >= 4 is 33.4 Å². The number of nitrogens with two attached hydrogens (primary N) is 1. The molecule has 3 aromatic rings. The second kappa shape index (κ2) is 11.1. The minimum atomic E-state index is -3.65. The van der Waals surface area contributed by atoms with Gasteiger partial charge in [0.2, 0.25) is 10.0 Å². The number of piperazine rings is 1. The van der Waals surface area contributed by atoms with Crippen molar-refractivity contribution in [3.05, 3.63) is 94.5 Å². The van der Waals surface area contributed by atoms with Crippen LogP contribution in [0.15, 0.2) is 77.7 Å². The van der Waals surface area contributed by atoms with E-state index in [0.717, 1.165) is 5.56 Å². The molecule has 0 bridgehead atoms. The number of carbonyl (C=O) groups is 2. The minimum absolute atomic E-state index is 0.152. The molecular formula is C26H26ClN3O5S.